The maximum atomic E-state index is 11.9. The Balaban J connectivity index is 1.45. The summed E-state index contributed by atoms with van der Waals surface area (Å²) in [4.78, 5) is 21.6. The molecule has 1 saturated heterocycles. The van der Waals surface area contributed by atoms with Gasteiger partial charge in [-0.15, -0.1) is 11.3 Å². The highest BCUT2D eigenvalue weighted by Gasteiger charge is 2.50. The first-order valence-electron chi connectivity index (χ1n) is 12.1. The van der Waals surface area contributed by atoms with Crippen LogP contribution < -0.4 is 4.90 Å². The second kappa shape index (κ2) is 8.40. The molecule has 2 N–H and O–H groups in total. The van der Waals surface area contributed by atoms with Crippen molar-refractivity contribution in [2.45, 2.75) is 63.1 Å². The Kier molecular flexibility index (Phi) is 5.47. The van der Waals surface area contributed by atoms with Crippen molar-refractivity contribution in [1.29, 1.82) is 0 Å². The summed E-state index contributed by atoms with van der Waals surface area (Å²) >= 11 is 8.21. The molecule has 6 rings (SSSR count). The number of likely N-dealkylation sites (tertiary alicyclic amines) is 1. The van der Waals surface area contributed by atoms with Crippen molar-refractivity contribution in [2.75, 3.05) is 18.0 Å². The Hall–Kier alpha value is -2.35. The summed E-state index contributed by atoms with van der Waals surface area (Å²) in [5.41, 5.74) is 5.40. The van der Waals surface area contributed by atoms with Crippen LogP contribution in [0.5, 0.6) is 0 Å². The number of aromatic nitrogens is 1. The van der Waals surface area contributed by atoms with E-state index in [-0.39, 0.29) is 12.1 Å². The average Bonchev–Trinajstić information content (AvgIpc) is 3.56. The molecule has 1 saturated carbocycles. The number of carboxylic acid groups (broad SMARTS) is 1. The lowest BCUT2D eigenvalue weighted by Crippen LogP contribution is -2.47. The minimum atomic E-state index is -0.777. The summed E-state index contributed by atoms with van der Waals surface area (Å²) < 4.78 is 1.07. The van der Waals surface area contributed by atoms with Gasteiger partial charge in [-0.05, 0) is 74.8 Å². The highest BCUT2D eigenvalue weighted by atomic mass is 35.5. The maximum absolute atomic E-state index is 11.9. The number of halogens is 1. The smallest absolute Gasteiger partial charge is 0.407 e. The van der Waals surface area contributed by atoms with Crippen molar-refractivity contribution in [1.82, 2.24) is 9.88 Å². The molecule has 6 nitrogen and oxygen atoms in total. The number of benzene rings is 1. The number of hydrogen-bond acceptors (Lipinski definition) is 5. The number of carbonyl (C=O) groups is 1. The molecule has 0 bridgehead atoms. The van der Waals surface area contributed by atoms with Crippen molar-refractivity contribution in [2.24, 2.45) is 0 Å². The van der Waals surface area contributed by atoms with E-state index < -0.39 is 6.09 Å². The van der Waals surface area contributed by atoms with E-state index in [1.165, 1.54) is 11.3 Å². The number of rotatable bonds is 3. The van der Waals surface area contributed by atoms with Gasteiger partial charge in [-0.25, -0.2) is 4.79 Å². The second-order valence-electron chi connectivity index (χ2n) is 9.86. The molecule has 34 heavy (non-hydrogen) atoms. The summed E-state index contributed by atoms with van der Waals surface area (Å²) in [6.07, 6.45) is 7.86. The molecular weight excluding hydrogens is 470 g/mol. The molecule has 4 heterocycles. The van der Waals surface area contributed by atoms with Crippen LogP contribution in [-0.2, 0) is 13.0 Å². The zero-order chi connectivity index (χ0) is 23.4. The fourth-order valence-corrected chi connectivity index (χ4v) is 7.88. The van der Waals surface area contributed by atoms with Gasteiger partial charge in [0.15, 0.2) is 0 Å². The summed E-state index contributed by atoms with van der Waals surface area (Å²) in [6.45, 7) is 1.63. The van der Waals surface area contributed by atoms with Gasteiger partial charge in [0.05, 0.1) is 16.8 Å². The van der Waals surface area contributed by atoms with Crippen LogP contribution in [0.25, 0.3) is 21.3 Å². The first kappa shape index (κ1) is 22.1. The molecule has 0 unspecified atom stereocenters. The lowest BCUT2D eigenvalue weighted by Gasteiger charge is -2.40. The maximum Gasteiger partial charge on any atom is 0.407 e. The van der Waals surface area contributed by atoms with E-state index in [1.807, 2.05) is 12.3 Å². The number of fused-ring (bicyclic) bond motifs is 2. The summed E-state index contributed by atoms with van der Waals surface area (Å²) in [7, 11) is 0. The van der Waals surface area contributed by atoms with E-state index >= 15 is 0 Å². The van der Waals surface area contributed by atoms with E-state index in [4.69, 9.17) is 11.6 Å². The Bertz CT molecular complexity index is 1280. The highest BCUT2D eigenvalue weighted by molar-refractivity contribution is 7.19. The molecule has 8 heteroatoms. The number of nitrogens with zero attached hydrogens (tertiary/aromatic N) is 3. The molecule has 2 fully saturated rings. The molecule has 2 aromatic heterocycles. The SMILES string of the molecule is O=C(O)N1CCC[C@@]12CC[C@H](N1CCCc3cc(Cl)cc(-c4ccnc5cc(CO)sc45)c31)C2. The lowest BCUT2D eigenvalue weighted by atomic mass is 9.91. The first-order chi connectivity index (χ1) is 16.5. The molecule has 3 aromatic rings. The largest absolute Gasteiger partial charge is 0.465 e. The Labute approximate surface area is 207 Å². The normalized spacial score (nSPS) is 24.4. The summed E-state index contributed by atoms with van der Waals surface area (Å²) in [5.74, 6) is 0. The first-order valence-corrected chi connectivity index (χ1v) is 13.3. The predicted octanol–water partition coefficient (Wildman–Crippen LogP) is 5.93. The fourth-order valence-electron chi connectivity index (χ4n) is 6.64. The average molecular weight is 498 g/mol. The van der Waals surface area contributed by atoms with E-state index in [0.29, 0.717) is 12.6 Å². The summed E-state index contributed by atoms with van der Waals surface area (Å²) in [5, 5.41) is 20.2. The minimum Gasteiger partial charge on any atom is -0.465 e. The molecule has 1 aromatic carbocycles. The third-order valence-electron chi connectivity index (χ3n) is 8.02. The van der Waals surface area contributed by atoms with E-state index in [2.05, 4.69) is 28.1 Å². The van der Waals surface area contributed by atoms with Gasteiger partial charge in [-0.1, -0.05) is 11.6 Å². The number of pyridine rings is 1. The van der Waals surface area contributed by atoms with Gasteiger partial charge in [-0.3, -0.25) is 4.98 Å². The van der Waals surface area contributed by atoms with Gasteiger partial charge in [0.1, 0.15) is 0 Å². The molecule has 1 aliphatic carbocycles. The van der Waals surface area contributed by atoms with Gasteiger partial charge in [0.2, 0.25) is 0 Å². The Morgan fingerprint density at radius 1 is 1.21 bits per heavy atom. The number of hydrogen-bond donors (Lipinski definition) is 2. The minimum absolute atomic E-state index is 0.00444. The Morgan fingerprint density at radius 2 is 2.09 bits per heavy atom. The standard InChI is InChI=1S/C26H28ClN3O3S/c27-17-11-16-3-1-9-29(18-4-7-26(14-18)6-2-10-30(26)25(32)33)23(16)21(12-17)20-5-8-28-22-13-19(15-31)34-24(20)22/h5,8,11-13,18,31H,1-4,6-7,9-10,14-15H2,(H,32,33)/t18-,26-/m0/s1. The monoisotopic (exact) mass is 497 g/mol. The topological polar surface area (TPSA) is 76.9 Å². The van der Waals surface area contributed by atoms with Crippen molar-refractivity contribution < 1.29 is 15.0 Å². The van der Waals surface area contributed by atoms with Gasteiger partial charge in [0, 0.05) is 57.6 Å². The molecule has 178 valence electrons. The van der Waals surface area contributed by atoms with Crippen LogP contribution in [-0.4, -0.2) is 50.9 Å². The van der Waals surface area contributed by atoms with E-state index in [1.54, 1.807) is 16.2 Å². The summed E-state index contributed by atoms with van der Waals surface area (Å²) in [6, 6.07) is 8.49. The second-order valence-corrected chi connectivity index (χ2v) is 11.4. The molecule has 1 spiro atoms. The van der Waals surface area contributed by atoms with Gasteiger partial charge in [0.25, 0.3) is 0 Å². The van der Waals surface area contributed by atoms with Gasteiger partial charge in [-0.2, -0.15) is 0 Å². The molecule has 0 radical (unpaired) electrons. The zero-order valence-corrected chi connectivity index (χ0v) is 20.5. The quantitative estimate of drug-likeness (QED) is 0.469. The predicted molar refractivity (Wildman–Crippen MR) is 136 cm³/mol. The van der Waals surface area contributed by atoms with Crippen LogP contribution in [0, 0.1) is 0 Å². The molecular formula is C26H28ClN3O3S. The van der Waals surface area contributed by atoms with Crippen LogP contribution in [0.2, 0.25) is 5.02 Å². The number of aliphatic hydroxyl groups excluding tert-OH is 1. The molecule has 1 amide bonds. The molecule has 2 atom stereocenters. The van der Waals surface area contributed by atoms with Gasteiger partial charge >= 0.3 is 6.09 Å². The number of amides is 1. The van der Waals surface area contributed by atoms with Crippen molar-refractivity contribution in [3.05, 3.63) is 45.9 Å². The van der Waals surface area contributed by atoms with E-state index in [0.717, 1.165) is 82.7 Å². The van der Waals surface area contributed by atoms with Crippen LogP contribution in [0.15, 0.2) is 30.5 Å². The number of anilines is 1. The Morgan fingerprint density at radius 3 is 2.91 bits per heavy atom. The van der Waals surface area contributed by atoms with Crippen LogP contribution in [0.1, 0.15) is 49.0 Å². The lowest BCUT2D eigenvalue weighted by molar-refractivity contribution is 0.104. The zero-order valence-electron chi connectivity index (χ0n) is 19.0. The third kappa shape index (κ3) is 3.48. The van der Waals surface area contributed by atoms with Crippen LogP contribution in [0.3, 0.4) is 0 Å². The van der Waals surface area contributed by atoms with Crippen LogP contribution in [0.4, 0.5) is 10.5 Å². The molecule has 3 aliphatic rings. The number of aryl methyl sites for hydroxylation is 1. The van der Waals surface area contributed by atoms with Gasteiger partial charge < -0.3 is 20.0 Å². The molecule has 2 aliphatic heterocycles. The third-order valence-corrected chi connectivity index (χ3v) is 9.38. The number of thiophene rings is 1. The number of aliphatic hydroxyl groups is 1. The van der Waals surface area contributed by atoms with Crippen molar-refractivity contribution in [3.8, 4) is 11.1 Å². The van der Waals surface area contributed by atoms with Crippen molar-refractivity contribution in [3.63, 3.8) is 0 Å². The van der Waals surface area contributed by atoms with Crippen LogP contribution >= 0.6 is 22.9 Å². The fraction of sp³-hybridized carbons (Fsp3) is 0.462. The van der Waals surface area contributed by atoms with Crippen molar-refractivity contribution >= 4 is 44.9 Å². The highest BCUT2D eigenvalue weighted by Crippen LogP contribution is 2.49. The van der Waals surface area contributed by atoms with E-state index in [9.17, 15) is 15.0 Å².